The van der Waals surface area contributed by atoms with Crippen LogP contribution in [0.25, 0.3) is 0 Å². The lowest BCUT2D eigenvalue weighted by molar-refractivity contribution is 0.168. The molecule has 0 aromatic rings. The van der Waals surface area contributed by atoms with Gasteiger partial charge in [0.25, 0.3) is 0 Å². The monoisotopic (exact) mass is 236 g/mol. The molecule has 2 saturated carbocycles. The molecule has 1 aliphatic heterocycles. The fourth-order valence-electron chi connectivity index (χ4n) is 3.62. The minimum absolute atomic E-state index is 0.726. The van der Waals surface area contributed by atoms with Gasteiger partial charge in [-0.15, -0.1) is 0 Å². The fraction of sp³-hybridized carbons (Fsp3) is 1.00. The highest BCUT2D eigenvalue weighted by molar-refractivity contribution is 4.98. The van der Waals surface area contributed by atoms with E-state index in [1.165, 1.54) is 51.6 Å². The molecule has 17 heavy (non-hydrogen) atoms. The number of likely N-dealkylation sites (tertiary alicyclic amines) is 1. The molecular formula is C15H28N2. The second-order valence-electron chi connectivity index (χ2n) is 6.82. The molecule has 3 rings (SSSR count). The Balaban J connectivity index is 1.52. The van der Waals surface area contributed by atoms with Crippen LogP contribution in [0.4, 0.5) is 0 Å². The molecule has 1 saturated heterocycles. The quantitative estimate of drug-likeness (QED) is 0.789. The fourth-order valence-corrected chi connectivity index (χ4v) is 3.62. The highest BCUT2D eigenvalue weighted by Gasteiger charge is 2.42. The first-order chi connectivity index (χ1) is 8.24. The number of hydrogen-bond acceptors (Lipinski definition) is 2. The van der Waals surface area contributed by atoms with Crippen molar-refractivity contribution in [1.29, 1.82) is 0 Å². The first kappa shape index (κ1) is 12.0. The van der Waals surface area contributed by atoms with Gasteiger partial charge in [0, 0.05) is 18.6 Å². The van der Waals surface area contributed by atoms with Crippen molar-refractivity contribution in [2.75, 3.05) is 20.1 Å². The van der Waals surface area contributed by atoms with Gasteiger partial charge in [-0.05, 0) is 76.8 Å². The van der Waals surface area contributed by atoms with E-state index >= 15 is 0 Å². The summed E-state index contributed by atoms with van der Waals surface area (Å²) in [5.74, 6) is 2.95. The molecule has 2 nitrogen and oxygen atoms in total. The minimum atomic E-state index is 0.726. The Morgan fingerprint density at radius 3 is 2.18 bits per heavy atom. The molecule has 1 heterocycles. The van der Waals surface area contributed by atoms with Crippen molar-refractivity contribution in [3.8, 4) is 0 Å². The standard InChI is InChI=1S/C15H28N2/c1-11(14-4-3-9-17(2)10-14)16-15(12-5-6-12)13-7-8-13/h11-16H,3-10H2,1-2H3. The molecule has 0 spiro atoms. The third-order valence-corrected chi connectivity index (χ3v) is 5.08. The lowest BCUT2D eigenvalue weighted by Crippen LogP contribution is -2.48. The molecule has 0 radical (unpaired) electrons. The average Bonchev–Trinajstić information content (AvgIpc) is 3.16. The largest absolute Gasteiger partial charge is 0.311 e. The summed E-state index contributed by atoms with van der Waals surface area (Å²) in [6, 6.07) is 1.60. The highest BCUT2D eigenvalue weighted by Crippen LogP contribution is 2.45. The molecule has 3 aliphatic rings. The Bertz CT molecular complexity index is 246. The van der Waals surface area contributed by atoms with Gasteiger partial charge in [0.2, 0.25) is 0 Å². The van der Waals surface area contributed by atoms with E-state index in [9.17, 15) is 0 Å². The predicted octanol–water partition coefficient (Wildman–Crippen LogP) is 2.49. The van der Waals surface area contributed by atoms with Gasteiger partial charge in [0.15, 0.2) is 0 Å². The van der Waals surface area contributed by atoms with Crippen LogP contribution >= 0.6 is 0 Å². The van der Waals surface area contributed by atoms with E-state index in [0.29, 0.717) is 0 Å². The number of nitrogens with zero attached hydrogens (tertiary/aromatic N) is 1. The first-order valence-corrected chi connectivity index (χ1v) is 7.68. The molecule has 3 fully saturated rings. The van der Waals surface area contributed by atoms with E-state index in [4.69, 9.17) is 0 Å². The number of hydrogen-bond donors (Lipinski definition) is 1. The van der Waals surface area contributed by atoms with Gasteiger partial charge < -0.3 is 10.2 Å². The van der Waals surface area contributed by atoms with Gasteiger partial charge in [-0.3, -0.25) is 0 Å². The summed E-state index contributed by atoms with van der Waals surface area (Å²) in [5.41, 5.74) is 0. The summed E-state index contributed by atoms with van der Waals surface area (Å²) in [6.45, 7) is 5.04. The molecule has 0 aromatic carbocycles. The summed E-state index contributed by atoms with van der Waals surface area (Å²) < 4.78 is 0. The zero-order valence-corrected chi connectivity index (χ0v) is 11.5. The van der Waals surface area contributed by atoms with Crippen LogP contribution in [0.15, 0.2) is 0 Å². The van der Waals surface area contributed by atoms with E-state index in [2.05, 4.69) is 24.2 Å². The topological polar surface area (TPSA) is 15.3 Å². The maximum atomic E-state index is 4.00. The molecule has 2 aliphatic carbocycles. The van der Waals surface area contributed by atoms with Crippen LogP contribution in [0.1, 0.15) is 45.4 Å². The molecule has 1 N–H and O–H groups in total. The average molecular weight is 236 g/mol. The normalized spacial score (nSPS) is 33.0. The predicted molar refractivity (Wildman–Crippen MR) is 72.1 cm³/mol. The lowest BCUT2D eigenvalue weighted by Gasteiger charge is -2.36. The Hall–Kier alpha value is -0.0800. The molecule has 98 valence electrons. The molecule has 2 atom stereocenters. The van der Waals surface area contributed by atoms with Crippen LogP contribution < -0.4 is 5.32 Å². The molecule has 0 bridgehead atoms. The number of nitrogens with one attached hydrogen (secondary N) is 1. The summed E-state index contributed by atoms with van der Waals surface area (Å²) in [6.07, 6.45) is 8.79. The molecule has 0 amide bonds. The highest BCUT2D eigenvalue weighted by atomic mass is 15.1. The van der Waals surface area contributed by atoms with Crippen molar-refractivity contribution < 1.29 is 0 Å². The Kier molecular flexibility index (Phi) is 3.45. The third-order valence-electron chi connectivity index (χ3n) is 5.08. The summed E-state index contributed by atoms with van der Waals surface area (Å²) >= 11 is 0. The maximum absolute atomic E-state index is 4.00. The summed E-state index contributed by atoms with van der Waals surface area (Å²) in [7, 11) is 2.28. The van der Waals surface area contributed by atoms with Crippen LogP contribution in [0.3, 0.4) is 0 Å². The molecule has 2 heteroatoms. The second kappa shape index (κ2) is 4.89. The van der Waals surface area contributed by atoms with Crippen LogP contribution in [-0.2, 0) is 0 Å². The zero-order valence-electron chi connectivity index (χ0n) is 11.5. The van der Waals surface area contributed by atoms with Gasteiger partial charge in [0.1, 0.15) is 0 Å². The Morgan fingerprint density at radius 2 is 1.65 bits per heavy atom. The van der Waals surface area contributed by atoms with Gasteiger partial charge in [0.05, 0.1) is 0 Å². The third kappa shape index (κ3) is 3.03. The maximum Gasteiger partial charge on any atom is 0.0126 e. The van der Waals surface area contributed by atoms with E-state index in [0.717, 1.165) is 29.8 Å². The van der Waals surface area contributed by atoms with E-state index < -0.39 is 0 Å². The van der Waals surface area contributed by atoms with Gasteiger partial charge in [-0.1, -0.05) is 0 Å². The summed E-state index contributed by atoms with van der Waals surface area (Å²) in [4.78, 5) is 2.51. The van der Waals surface area contributed by atoms with Crippen LogP contribution in [0.5, 0.6) is 0 Å². The van der Waals surface area contributed by atoms with Gasteiger partial charge in [-0.25, -0.2) is 0 Å². The van der Waals surface area contributed by atoms with E-state index in [-0.39, 0.29) is 0 Å². The van der Waals surface area contributed by atoms with Crippen molar-refractivity contribution in [2.24, 2.45) is 17.8 Å². The Morgan fingerprint density at radius 1 is 1.00 bits per heavy atom. The van der Waals surface area contributed by atoms with Crippen molar-refractivity contribution in [2.45, 2.75) is 57.5 Å². The van der Waals surface area contributed by atoms with Gasteiger partial charge >= 0.3 is 0 Å². The minimum Gasteiger partial charge on any atom is -0.311 e. The van der Waals surface area contributed by atoms with Gasteiger partial charge in [-0.2, -0.15) is 0 Å². The Labute approximate surface area is 106 Å². The molecular weight excluding hydrogens is 208 g/mol. The first-order valence-electron chi connectivity index (χ1n) is 7.68. The van der Waals surface area contributed by atoms with Crippen LogP contribution in [0, 0.1) is 17.8 Å². The SMILES string of the molecule is CC(NC(C1CC1)C1CC1)C1CCCN(C)C1. The summed E-state index contributed by atoms with van der Waals surface area (Å²) in [5, 5.41) is 4.00. The van der Waals surface area contributed by atoms with Crippen molar-refractivity contribution in [3.63, 3.8) is 0 Å². The van der Waals surface area contributed by atoms with E-state index in [1.54, 1.807) is 0 Å². The van der Waals surface area contributed by atoms with Crippen LogP contribution in [0.2, 0.25) is 0 Å². The van der Waals surface area contributed by atoms with Crippen molar-refractivity contribution >= 4 is 0 Å². The smallest absolute Gasteiger partial charge is 0.0126 e. The van der Waals surface area contributed by atoms with E-state index in [1.807, 2.05) is 0 Å². The number of piperidine rings is 1. The molecule has 2 unspecified atom stereocenters. The molecule has 0 aromatic heterocycles. The van der Waals surface area contributed by atoms with Crippen molar-refractivity contribution in [1.82, 2.24) is 10.2 Å². The number of rotatable bonds is 5. The lowest BCUT2D eigenvalue weighted by atomic mass is 9.90. The van der Waals surface area contributed by atoms with Crippen molar-refractivity contribution in [3.05, 3.63) is 0 Å². The van der Waals surface area contributed by atoms with Crippen LogP contribution in [-0.4, -0.2) is 37.1 Å². The second-order valence-corrected chi connectivity index (χ2v) is 6.82. The zero-order chi connectivity index (χ0) is 11.8.